The molecule has 0 spiro atoms. The van der Waals surface area contributed by atoms with E-state index < -0.39 is 17.7 Å². The number of anilines is 1. The first-order chi connectivity index (χ1) is 9.47. The highest BCUT2D eigenvalue weighted by atomic mass is 79.9. The summed E-state index contributed by atoms with van der Waals surface area (Å²) in [4.78, 5) is 22.6. The predicted octanol–water partition coefficient (Wildman–Crippen LogP) is 3.54. The molecule has 2 aromatic rings. The van der Waals surface area contributed by atoms with Crippen molar-refractivity contribution in [1.82, 2.24) is 0 Å². The van der Waals surface area contributed by atoms with Crippen molar-refractivity contribution in [3.63, 3.8) is 0 Å². The van der Waals surface area contributed by atoms with Crippen LogP contribution in [0.15, 0.2) is 46.9 Å². The molecule has 0 atom stereocenters. The number of hydrogen-bond donors (Lipinski definition) is 2. The normalized spacial score (nSPS) is 10.1. The fourth-order valence-electron chi connectivity index (χ4n) is 1.57. The molecule has 6 heteroatoms. The summed E-state index contributed by atoms with van der Waals surface area (Å²) in [5.41, 5.74) is 0.413. The van der Waals surface area contributed by atoms with Crippen LogP contribution in [0.4, 0.5) is 10.1 Å². The van der Waals surface area contributed by atoms with E-state index in [4.69, 9.17) is 5.11 Å². The van der Waals surface area contributed by atoms with Crippen molar-refractivity contribution in [1.29, 1.82) is 0 Å². The monoisotopic (exact) mass is 337 g/mol. The van der Waals surface area contributed by atoms with Crippen LogP contribution in [0.2, 0.25) is 0 Å². The Morgan fingerprint density at radius 2 is 1.75 bits per heavy atom. The Bertz CT molecular complexity index is 671. The van der Waals surface area contributed by atoms with E-state index in [1.54, 1.807) is 6.07 Å². The first kappa shape index (κ1) is 14.2. The second-order valence-corrected chi connectivity index (χ2v) is 4.88. The Morgan fingerprint density at radius 3 is 2.30 bits per heavy atom. The van der Waals surface area contributed by atoms with E-state index >= 15 is 0 Å². The van der Waals surface area contributed by atoms with Gasteiger partial charge in [0.15, 0.2) is 0 Å². The summed E-state index contributed by atoms with van der Waals surface area (Å²) in [6.07, 6.45) is 0. The van der Waals surface area contributed by atoms with Gasteiger partial charge in [-0.05, 0) is 42.5 Å². The molecule has 1 amide bonds. The minimum atomic E-state index is -1.05. The second-order valence-electron chi connectivity index (χ2n) is 3.96. The van der Waals surface area contributed by atoms with Gasteiger partial charge >= 0.3 is 5.97 Å². The summed E-state index contributed by atoms with van der Waals surface area (Å²) in [5.74, 6) is -2.29. The van der Waals surface area contributed by atoms with E-state index in [-0.39, 0.29) is 11.1 Å². The minimum absolute atomic E-state index is 0.0875. The highest BCUT2D eigenvalue weighted by molar-refractivity contribution is 9.10. The molecule has 0 radical (unpaired) electrons. The summed E-state index contributed by atoms with van der Waals surface area (Å²) in [7, 11) is 0. The van der Waals surface area contributed by atoms with Crippen LogP contribution < -0.4 is 5.32 Å². The number of rotatable bonds is 3. The Labute approximate surface area is 122 Å². The van der Waals surface area contributed by atoms with E-state index in [1.807, 2.05) is 0 Å². The highest BCUT2D eigenvalue weighted by Crippen LogP contribution is 2.17. The number of halogens is 2. The molecule has 0 aliphatic carbocycles. The average molecular weight is 338 g/mol. The SMILES string of the molecule is O=C(O)c1ccc(NC(=O)c2ccc(Br)cc2F)cc1. The molecular formula is C14H9BrFNO3. The van der Waals surface area contributed by atoms with E-state index in [9.17, 15) is 14.0 Å². The third-order valence-electron chi connectivity index (χ3n) is 2.57. The van der Waals surface area contributed by atoms with Gasteiger partial charge in [0.2, 0.25) is 0 Å². The number of carboxylic acid groups (broad SMARTS) is 1. The molecule has 0 saturated heterocycles. The number of carbonyl (C=O) groups is 2. The molecule has 0 saturated carbocycles. The van der Waals surface area contributed by atoms with E-state index in [2.05, 4.69) is 21.2 Å². The fourth-order valence-corrected chi connectivity index (χ4v) is 1.90. The van der Waals surface area contributed by atoms with Crippen molar-refractivity contribution < 1.29 is 19.1 Å². The predicted molar refractivity (Wildman–Crippen MR) is 75.5 cm³/mol. The molecule has 20 heavy (non-hydrogen) atoms. The molecule has 4 nitrogen and oxygen atoms in total. The zero-order valence-electron chi connectivity index (χ0n) is 10.1. The molecule has 0 fully saturated rings. The lowest BCUT2D eigenvalue weighted by molar-refractivity contribution is 0.0696. The number of amides is 1. The summed E-state index contributed by atoms with van der Waals surface area (Å²) in [6.45, 7) is 0. The summed E-state index contributed by atoms with van der Waals surface area (Å²) >= 11 is 3.11. The van der Waals surface area contributed by atoms with Gasteiger partial charge in [0, 0.05) is 10.2 Å². The summed E-state index contributed by atoms with van der Waals surface area (Å²) in [6, 6.07) is 9.72. The van der Waals surface area contributed by atoms with Crippen molar-refractivity contribution in [2.45, 2.75) is 0 Å². The van der Waals surface area contributed by atoms with Crippen LogP contribution in [-0.4, -0.2) is 17.0 Å². The number of carboxylic acids is 1. The van der Waals surface area contributed by atoms with Crippen LogP contribution in [0.5, 0.6) is 0 Å². The molecule has 2 rings (SSSR count). The molecule has 0 unspecified atom stereocenters. The largest absolute Gasteiger partial charge is 0.478 e. The minimum Gasteiger partial charge on any atom is -0.478 e. The van der Waals surface area contributed by atoms with Crippen LogP contribution in [0.25, 0.3) is 0 Å². The van der Waals surface area contributed by atoms with Crippen molar-refractivity contribution in [3.05, 3.63) is 63.9 Å². The van der Waals surface area contributed by atoms with E-state index in [0.29, 0.717) is 10.2 Å². The molecule has 2 N–H and O–H groups in total. The van der Waals surface area contributed by atoms with Gasteiger partial charge < -0.3 is 10.4 Å². The van der Waals surface area contributed by atoms with Crippen LogP contribution in [0.1, 0.15) is 20.7 Å². The Kier molecular flexibility index (Phi) is 4.14. The number of nitrogens with one attached hydrogen (secondary N) is 1. The van der Waals surface area contributed by atoms with Gasteiger partial charge in [0.05, 0.1) is 11.1 Å². The Hall–Kier alpha value is -2.21. The fraction of sp³-hybridized carbons (Fsp3) is 0. The third-order valence-corrected chi connectivity index (χ3v) is 3.06. The standard InChI is InChI=1S/C14H9BrFNO3/c15-9-3-6-11(12(16)7-9)13(18)17-10-4-1-8(2-5-10)14(19)20/h1-7H,(H,17,18)(H,19,20). The van der Waals surface area contributed by atoms with Crippen molar-refractivity contribution >= 4 is 33.5 Å². The lowest BCUT2D eigenvalue weighted by Crippen LogP contribution is -2.13. The van der Waals surface area contributed by atoms with Gasteiger partial charge in [-0.1, -0.05) is 15.9 Å². The quantitative estimate of drug-likeness (QED) is 0.900. The van der Waals surface area contributed by atoms with Gasteiger partial charge in [-0.2, -0.15) is 0 Å². The molecule has 0 aromatic heterocycles. The van der Waals surface area contributed by atoms with Crippen LogP contribution >= 0.6 is 15.9 Å². The smallest absolute Gasteiger partial charge is 0.335 e. The number of carbonyl (C=O) groups excluding carboxylic acids is 1. The van der Waals surface area contributed by atoms with Gasteiger partial charge in [-0.15, -0.1) is 0 Å². The number of benzene rings is 2. The maximum atomic E-state index is 13.6. The summed E-state index contributed by atoms with van der Waals surface area (Å²) in [5, 5.41) is 11.3. The zero-order valence-corrected chi connectivity index (χ0v) is 11.6. The topological polar surface area (TPSA) is 66.4 Å². The maximum Gasteiger partial charge on any atom is 0.335 e. The van der Waals surface area contributed by atoms with E-state index in [0.717, 1.165) is 0 Å². The highest BCUT2D eigenvalue weighted by Gasteiger charge is 2.12. The molecule has 0 heterocycles. The van der Waals surface area contributed by atoms with Crippen LogP contribution in [0.3, 0.4) is 0 Å². The molecule has 2 aromatic carbocycles. The first-order valence-corrected chi connectivity index (χ1v) is 6.36. The molecule has 102 valence electrons. The maximum absolute atomic E-state index is 13.6. The molecular weight excluding hydrogens is 329 g/mol. The van der Waals surface area contributed by atoms with E-state index in [1.165, 1.54) is 36.4 Å². The van der Waals surface area contributed by atoms with Crippen molar-refractivity contribution in [3.8, 4) is 0 Å². The number of hydrogen-bond acceptors (Lipinski definition) is 2. The number of aromatic carboxylic acids is 1. The third kappa shape index (κ3) is 3.21. The van der Waals surface area contributed by atoms with Crippen molar-refractivity contribution in [2.24, 2.45) is 0 Å². The molecule has 0 bridgehead atoms. The van der Waals surface area contributed by atoms with Gasteiger partial charge in [0.1, 0.15) is 5.82 Å². The second kappa shape index (κ2) is 5.83. The first-order valence-electron chi connectivity index (χ1n) is 5.57. The van der Waals surface area contributed by atoms with Crippen molar-refractivity contribution in [2.75, 3.05) is 5.32 Å². The van der Waals surface area contributed by atoms with Crippen LogP contribution in [0, 0.1) is 5.82 Å². The molecule has 0 aliphatic rings. The van der Waals surface area contributed by atoms with Gasteiger partial charge in [0.25, 0.3) is 5.91 Å². The summed E-state index contributed by atoms with van der Waals surface area (Å²) < 4.78 is 14.1. The molecule has 0 aliphatic heterocycles. The average Bonchev–Trinajstić information content (AvgIpc) is 2.39. The Morgan fingerprint density at radius 1 is 1.10 bits per heavy atom. The zero-order chi connectivity index (χ0) is 14.7. The Balaban J connectivity index is 2.17. The lowest BCUT2D eigenvalue weighted by Gasteiger charge is -2.06. The van der Waals surface area contributed by atoms with Gasteiger partial charge in [-0.25, -0.2) is 9.18 Å². The van der Waals surface area contributed by atoms with Crippen LogP contribution in [-0.2, 0) is 0 Å². The van der Waals surface area contributed by atoms with Gasteiger partial charge in [-0.3, -0.25) is 4.79 Å². The lowest BCUT2D eigenvalue weighted by atomic mass is 10.1.